The van der Waals surface area contributed by atoms with Gasteiger partial charge in [-0.15, -0.1) is 0 Å². The van der Waals surface area contributed by atoms with E-state index in [4.69, 9.17) is 9.97 Å². The average molecular weight is 447 g/mol. The van der Waals surface area contributed by atoms with Crippen molar-refractivity contribution in [3.63, 3.8) is 0 Å². The summed E-state index contributed by atoms with van der Waals surface area (Å²) in [5.74, 6) is 2.26. The third-order valence-corrected chi connectivity index (χ3v) is 5.82. The predicted molar refractivity (Wildman–Crippen MR) is 138 cm³/mol. The van der Waals surface area contributed by atoms with Crippen LogP contribution in [-0.2, 0) is 0 Å². The van der Waals surface area contributed by atoms with Crippen LogP contribution >= 0.6 is 0 Å². The summed E-state index contributed by atoms with van der Waals surface area (Å²) in [6, 6.07) is 28.5. The predicted octanol–water partition coefficient (Wildman–Crippen LogP) is 5.40. The van der Waals surface area contributed by atoms with Gasteiger partial charge < -0.3 is 10.2 Å². The quantitative estimate of drug-likeness (QED) is 0.361. The molecule has 168 valence electrons. The molecule has 1 atom stereocenters. The Morgan fingerprint density at radius 2 is 1.47 bits per heavy atom. The van der Waals surface area contributed by atoms with Crippen molar-refractivity contribution in [3.05, 3.63) is 109 Å². The Balaban J connectivity index is 1.51. The molecule has 0 bridgehead atoms. The van der Waals surface area contributed by atoms with E-state index >= 15 is 0 Å². The molecule has 34 heavy (non-hydrogen) atoms. The van der Waals surface area contributed by atoms with Crippen molar-refractivity contribution < 1.29 is 0 Å². The molecule has 2 heterocycles. The second kappa shape index (κ2) is 9.67. The molecule has 0 aliphatic carbocycles. The minimum atomic E-state index is -0.0149. The Morgan fingerprint density at radius 3 is 2.21 bits per heavy atom. The van der Waals surface area contributed by atoms with Gasteiger partial charge in [-0.2, -0.15) is 0 Å². The van der Waals surface area contributed by atoms with Gasteiger partial charge in [0.05, 0.1) is 11.4 Å². The van der Waals surface area contributed by atoms with E-state index in [0.29, 0.717) is 12.4 Å². The van der Waals surface area contributed by atoms with Gasteiger partial charge in [0.15, 0.2) is 5.82 Å². The van der Waals surface area contributed by atoms with Crippen LogP contribution in [0.1, 0.15) is 17.3 Å². The minimum absolute atomic E-state index is 0.0149. The van der Waals surface area contributed by atoms with Crippen LogP contribution in [0.2, 0.25) is 0 Å². The van der Waals surface area contributed by atoms with Gasteiger partial charge in [0.25, 0.3) is 0 Å². The number of anilines is 2. The van der Waals surface area contributed by atoms with Crippen LogP contribution in [0, 0.1) is 0 Å². The zero-order valence-corrected chi connectivity index (χ0v) is 19.3. The second-order valence-electron chi connectivity index (χ2n) is 8.31. The summed E-state index contributed by atoms with van der Waals surface area (Å²) in [6.07, 6.45) is 3.57. The molecular weight excluding hydrogens is 420 g/mol. The van der Waals surface area contributed by atoms with Crippen molar-refractivity contribution in [1.82, 2.24) is 19.9 Å². The van der Waals surface area contributed by atoms with Crippen LogP contribution in [0.15, 0.2) is 97.3 Å². The summed E-state index contributed by atoms with van der Waals surface area (Å²) in [4.78, 5) is 20.9. The van der Waals surface area contributed by atoms with Crippen molar-refractivity contribution in [2.24, 2.45) is 0 Å². The van der Waals surface area contributed by atoms with Gasteiger partial charge in [-0.1, -0.05) is 42.5 Å². The first-order valence-corrected chi connectivity index (χ1v) is 11.3. The van der Waals surface area contributed by atoms with Gasteiger partial charge in [0.1, 0.15) is 11.6 Å². The molecule has 6 heteroatoms. The lowest BCUT2D eigenvalue weighted by Crippen LogP contribution is -2.17. The van der Waals surface area contributed by atoms with E-state index in [9.17, 15) is 0 Å². The van der Waals surface area contributed by atoms with E-state index in [0.717, 1.165) is 39.4 Å². The molecule has 0 saturated heterocycles. The zero-order chi connectivity index (χ0) is 23.3. The fraction of sp³-hybridized carbons (Fsp3) is 0.143. The van der Waals surface area contributed by atoms with Crippen LogP contribution in [0.25, 0.3) is 22.3 Å². The summed E-state index contributed by atoms with van der Waals surface area (Å²) in [7, 11) is 4.06. The third kappa shape index (κ3) is 4.57. The Hall–Kier alpha value is -4.32. The van der Waals surface area contributed by atoms with Gasteiger partial charge in [-0.05, 0) is 48.0 Å². The van der Waals surface area contributed by atoms with E-state index < -0.39 is 0 Å². The molecule has 0 aliphatic heterocycles. The lowest BCUT2D eigenvalue weighted by Gasteiger charge is -2.18. The smallest absolute Gasteiger partial charge is 0.162 e. The average Bonchev–Trinajstić information content (AvgIpc) is 2.90. The highest BCUT2D eigenvalue weighted by molar-refractivity contribution is 5.90. The summed E-state index contributed by atoms with van der Waals surface area (Å²) >= 11 is 0. The van der Waals surface area contributed by atoms with Crippen LogP contribution in [0.3, 0.4) is 0 Å². The molecule has 6 nitrogen and oxygen atoms in total. The molecule has 0 radical (unpaired) electrons. The highest BCUT2D eigenvalue weighted by Gasteiger charge is 2.18. The Labute approximate surface area is 199 Å². The van der Waals surface area contributed by atoms with Crippen LogP contribution in [0.4, 0.5) is 11.5 Å². The first kappa shape index (κ1) is 21.5. The molecule has 0 amide bonds. The summed E-state index contributed by atoms with van der Waals surface area (Å²) < 4.78 is 0. The normalized spacial score (nSPS) is 11.8. The van der Waals surface area contributed by atoms with E-state index in [2.05, 4.69) is 56.6 Å². The van der Waals surface area contributed by atoms with Gasteiger partial charge in [0.2, 0.25) is 0 Å². The summed E-state index contributed by atoms with van der Waals surface area (Å²) in [5, 5.41) is 4.57. The number of fused-ring (bicyclic) bond motifs is 1. The van der Waals surface area contributed by atoms with Crippen molar-refractivity contribution in [2.75, 3.05) is 30.9 Å². The molecule has 2 aromatic heterocycles. The van der Waals surface area contributed by atoms with Gasteiger partial charge in [0, 0.05) is 49.7 Å². The highest BCUT2D eigenvalue weighted by Crippen LogP contribution is 2.28. The van der Waals surface area contributed by atoms with E-state index in [-0.39, 0.29) is 5.92 Å². The number of nitrogens with zero attached hydrogens (tertiary/aromatic N) is 5. The number of rotatable bonds is 7. The molecule has 0 spiro atoms. The number of nitrogens with one attached hydrogen (secondary N) is 1. The van der Waals surface area contributed by atoms with Gasteiger partial charge >= 0.3 is 0 Å². The number of hydrogen-bond donors (Lipinski definition) is 1. The Morgan fingerprint density at radius 1 is 0.765 bits per heavy atom. The van der Waals surface area contributed by atoms with Crippen LogP contribution in [0.5, 0.6) is 0 Å². The SMILES string of the molecule is CN(C)c1ccc(-c2nc(NCC(c3ccccc3)c3ncccn3)c3ccccc3n2)cc1. The second-order valence-corrected chi connectivity index (χ2v) is 8.31. The minimum Gasteiger partial charge on any atom is -0.378 e. The molecular formula is C28H26N6. The zero-order valence-electron chi connectivity index (χ0n) is 19.3. The molecule has 0 saturated carbocycles. The molecule has 0 fully saturated rings. The van der Waals surface area contributed by atoms with E-state index in [1.54, 1.807) is 12.4 Å². The van der Waals surface area contributed by atoms with Gasteiger partial charge in [-0.3, -0.25) is 0 Å². The highest BCUT2D eigenvalue weighted by atomic mass is 15.1. The molecule has 1 N–H and O–H groups in total. The number of benzene rings is 3. The van der Waals surface area contributed by atoms with Crippen LogP contribution in [-0.4, -0.2) is 40.6 Å². The summed E-state index contributed by atoms with van der Waals surface area (Å²) in [5.41, 5.74) is 4.17. The van der Waals surface area contributed by atoms with Crippen molar-refractivity contribution in [1.29, 1.82) is 0 Å². The number of aromatic nitrogens is 4. The standard InChI is InChI=1S/C28H26N6/c1-34(2)22-15-13-21(14-16-22)26-32-25-12-7-6-11-23(25)28(33-26)31-19-24(20-9-4-3-5-10-20)27-29-17-8-18-30-27/h3-18,24H,19H2,1-2H3,(H,31,32,33). The Kier molecular flexibility index (Phi) is 6.12. The molecule has 5 rings (SSSR count). The molecule has 1 unspecified atom stereocenters. The first-order valence-electron chi connectivity index (χ1n) is 11.3. The maximum absolute atomic E-state index is 4.93. The van der Waals surface area contributed by atoms with Crippen molar-refractivity contribution >= 4 is 22.4 Å². The largest absolute Gasteiger partial charge is 0.378 e. The lowest BCUT2D eigenvalue weighted by molar-refractivity contribution is 0.771. The Bertz CT molecular complexity index is 1330. The fourth-order valence-electron chi connectivity index (χ4n) is 3.98. The molecule has 3 aromatic carbocycles. The van der Waals surface area contributed by atoms with Crippen LogP contribution < -0.4 is 10.2 Å². The molecule has 5 aromatic rings. The number of para-hydroxylation sites is 1. The fourth-order valence-corrected chi connectivity index (χ4v) is 3.98. The van der Waals surface area contributed by atoms with E-state index in [1.165, 1.54) is 0 Å². The maximum Gasteiger partial charge on any atom is 0.162 e. The van der Waals surface area contributed by atoms with Crippen molar-refractivity contribution in [2.45, 2.75) is 5.92 Å². The topological polar surface area (TPSA) is 66.8 Å². The van der Waals surface area contributed by atoms with Crippen molar-refractivity contribution in [3.8, 4) is 11.4 Å². The monoisotopic (exact) mass is 446 g/mol. The number of hydrogen-bond acceptors (Lipinski definition) is 6. The maximum atomic E-state index is 4.93. The third-order valence-electron chi connectivity index (χ3n) is 5.82. The van der Waals surface area contributed by atoms with E-state index in [1.807, 2.05) is 62.6 Å². The summed E-state index contributed by atoms with van der Waals surface area (Å²) in [6.45, 7) is 0.605. The molecule has 0 aliphatic rings. The first-order chi connectivity index (χ1) is 16.7. The lowest BCUT2D eigenvalue weighted by atomic mass is 9.98. The van der Waals surface area contributed by atoms with Gasteiger partial charge in [-0.25, -0.2) is 19.9 Å².